The molecule has 23 heteroatoms. The number of amides is 5. The molecule has 23 nitrogen and oxygen atoms in total. The number of phenols is 1. The lowest BCUT2D eigenvalue weighted by atomic mass is 10.0. The SMILES string of the molecule is CC(C)C(NC(=O)C(Cc1cnc[nH]1)NC(=O)C(N)CCCN=C(N)N)C(=O)NC(CCCN=C(N)N)C(=O)NC(CO)C(=O)NC(Cc1ccc(O)cc1)C(=O)O. The van der Waals surface area contributed by atoms with Gasteiger partial charge in [-0.15, -0.1) is 0 Å². The summed E-state index contributed by atoms with van der Waals surface area (Å²) in [6, 6.07) is -2.36. The maximum Gasteiger partial charge on any atom is 0.326 e. The van der Waals surface area contributed by atoms with Crippen molar-refractivity contribution in [2.75, 3.05) is 19.7 Å². The van der Waals surface area contributed by atoms with Crippen LogP contribution in [0.15, 0.2) is 46.8 Å². The van der Waals surface area contributed by atoms with Crippen LogP contribution < -0.4 is 55.3 Å². The number of aliphatic carboxylic acids is 1. The van der Waals surface area contributed by atoms with Crippen molar-refractivity contribution in [3.05, 3.63) is 48.0 Å². The van der Waals surface area contributed by atoms with Crippen molar-refractivity contribution in [2.24, 2.45) is 44.6 Å². The lowest BCUT2D eigenvalue weighted by Gasteiger charge is -2.28. The first kappa shape index (κ1) is 47.7. The number of carboxylic acid groups (broad SMARTS) is 1. The Balaban J connectivity index is 2.24. The summed E-state index contributed by atoms with van der Waals surface area (Å²) in [4.78, 5) is 93.8. The van der Waals surface area contributed by atoms with Crippen molar-refractivity contribution >= 4 is 47.4 Å². The molecule has 6 atom stereocenters. The number of guanidine groups is 2. The van der Waals surface area contributed by atoms with Crippen LogP contribution in [0.4, 0.5) is 0 Å². The van der Waals surface area contributed by atoms with E-state index in [1.54, 1.807) is 13.8 Å². The Bertz CT molecular complexity index is 1710. The summed E-state index contributed by atoms with van der Waals surface area (Å²) in [5.41, 5.74) is 28.5. The van der Waals surface area contributed by atoms with Gasteiger partial charge in [0.05, 0.1) is 19.0 Å². The quantitative estimate of drug-likeness (QED) is 0.0255. The van der Waals surface area contributed by atoms with Crippen LogP contribution in [0.3, 0.4) is 0 Å². The third kappa shape index (κ3) is 17.1. The van der Waals surface area contributed by atoms with Gasteiger partial charge in [0.15, 0.2) is 11.9 Å². The van der Waals surface area contributed by atoms with Crippen molar-refractivity contribution in [2.45, 2.75) is 88.6 Å². The smallest absolute Gasteiger partial charge is 0.326 e. The van der Waals surface area contributed by atoms with E-state index in [-0.39, 0.29) is 62.9 Å². The van der Waals surface area contributed by atoms with Crippen LogP contribution in [0.1, 0.15) is 50.8 Å². The Morgan fingerprint density at radius 1 is 0.724 bits per heavy atom. The Labute approximate surface area is 334 Å². The first-order valence-electron chi connectivity index (χ1n) is 18.4. The predicted octanol–water partition coefficient (Wildman–Crippen LogP) is -4.51. The number of hydrogen-bond donors (Lipinski definition) is 14. The van der Waals surface area contributed by atoms with Crippen molar-refractivity contribution in [3.8, 4) is 5.75 Å². The number of carbonyl (C=O) groups is 6. The molecular formula is C35H56N14O9. The standard InChI is InChI=1S/C35H56N14O9/c1-18(2)27(49-30(54)24(14-20-15-41-17-44-20)46-28(52)22(36)5-3-11-42-34(37)38)32(56)45-23(6-4-12-43-35(39)40)29(53)48-26(16-50)31(55)47-25(33(57)58)13-19-7-9-21(51)10-8-19/h7-10,15,17-18,22-27,50-51H,3-6,11-14,16,36H2,1-2H3,(H,41,44)(H,45,56)(H,46,52)(H,47,55)(H,48,53)(H,49,54)(H,57,58)(H4,37,38,42)(H4,39,40,43). The third-order valence-electron chi connectivity index (χ3n) is 8.55. The van der Waals surface area contributed by atoms with Gasteiger partial charge in [-0.05, 0) is 49.3 Å². The zero-order chi connectivity index (χ0) is 43.4. The number of nitrogens with zero attached hydrogens (tertiary/aromatic N) is 3. The molecule has 1 heterocycles. The number of aromatic nitrogens is 2. The number of aliphatic imine (C=N–C) groups is 2. The molecule has 58 heavy (non-hydrogen) atoms. The highest BCUT2D eigenvalue weighted by Crippen LogP contribution is 2.12. The first-order chi connectivity index (χ1) is 27.4. The topological polar surface area (TPSA) is 407 Å². The molecule has 19 N–H and O–H groups in total. The number of benzene rings is 1. The van der Waals surface area contributed by atoms with E-state index in [1.807, 2.05) is 0 Å². The molecule has 0 aliphatic heterocycles. The number of H-pyrrole nitrogens is 1. The monoisotopic (exact) mass is 816 g/mol. The lowest BCUT2D eigenvalue weighted by molar-refractivity contribution is -0.142. The molecule has 0 bridgehead atoms. The van der Waals surface area contributed by atoms with Gasteiger partial charge in [0.25, 0.3) is 0 Å². The molecule has 5 amide bonds. The second-order valence-electron chi connectivity index (χ2n) is 13.7. The van der Waals surface area contributed by atoms with Crippen molar-refractivity contribution < 1.29 is 44.1 Å². The Morgan fingerprint density at radius 3 is 1.79 bits per heavy atom. The number of hydrogen-bond acceptors (Lipinski definition) is 12. The maximum atomic E-state index is 13.8. The number of aliphatic hydroxyl groups is 1. The highest BCUT2D eigenvalue weighted by molar-refractivity contribution is 5.96. The minimum absolute atomic E-state index is 0.0440. The second kappa shape index (κ2) is 24.2. The van der Waals surface area contributed by atoms with Crippen LogP contribution in [0.25, 0.3) is 0 Å². The molecule has 0 spiro atoms. The Hall–Kier alpha value is -6.49. The molecule has 0 saturated heterocycles. The van der Waals surface area contributed by atoms with Gasteiger partial charge in [0.1, 0.15) is 36.0 Å². The first-order valence-corrected chi connectivity index (χ1v) is 18.4. The minimum Gasteiger partial charge on any atom is -0.508 e. The van der Waals surface area contributed by atoms with Crippen LogP contribution in [-0.4, -0.2) is 129 Å². The van der Waals surface area contributed by atoms with Gasteiger partial charge in [-0.1, -0.05) is 26.0 Å². The molecule has 0 aliphatic carbocycles. The lowest BCUT2D eigenvalue weighted by Crippen LogP contribution is -2.61. The van der Waals surface area contributed by atoms with E-state index in [4.69, 9.17) is 28.7 Å². The summed E-state index contributed by atoms with van der Waals surface area (Å²) in [5.74, 6) is -6.49. The molecule has 0 aliphatic rings. The average Bonchev–Trinajstić information content (AvgIpc) is 3.68. The van der Waals surface area contributed by atoms with Crippen LogP contribution >= 0.6 is 0 Å². The number of aromatic hydroxyl groups is 1. The molecular weight excluding hydrogens is 760 g/mol. The van der Waals surface area contributed by atoms with Gasteiger partial charge >= 0.3 is 5.97 Å². The van der Waals surface area contributed by atoms with E-state index in [9.17, 15) is 44.1 Å². The number of aromatic amines is 1. The number of carboxylic acids is 1. The summed E-state index contributed by atoms with van der Waals surface area (Å²) in [6.07, 6.45) is 3.27. The van der Waals surface area contributed by atoms with E-state index in [0.717, 1.165) is 0 Å². The summed E-state index contributed by atoms with van der Waals surface area (Å²) in [5, 5.41) is 41.8. The van der Waals surface area contributed by atoms with E-state index >= 15 is 0 Å². The van der Waals surface area contributed by atoms with E-state index in [0.29, 0.717) is 17.7 Å². The molecule has 0 radical (unpaired) electrons. The number of aliphatic hydroxyl groups excluding tert-OH is 1. The fraction of sp³-hybridized carbons (Fsp3) is 0.514. The number of nitrogens with two attached hydrogens (primary N) is 5. The van der Waals surface area contributed by atoms with Crippen LogP contribution in [0.2, 0.25) is 0 Å². The maximum absolute atomic E-state index is 13.8. The van der Waals surface area contributed by atoms with E-state index in [1.165, 1.54) is 36.8 Å². The van der Waals surface area contributed by atoms with Gasteiger partial charge in [0, 0.05) is 37.8 Å². The highest BCUT2D eigenvalue weighted by atomic mass is 16.4. The van der Waals surface area contributed by atoms with Crippen LogP contribution in [-0.2, 0) is 41.6 Å². The van der Waals surface area contributed by atoms with Gasteiger partial charge in [-0.25, -0.2) is 9.78 Å². The largest absolute Gasteiger partial charge is 0.508 e. The van der Waals surface area contributed by atoms with Crippen LogP contribution in [0, 0.1) is 5.92 Å². The zero-order valence-corrected chi connectivity index (χ0v) is 32.4. The average molecular weight is 817 g/mol. The molecule has 320 valence electrons. The number of nitrogens with one attached hydrogen (secondary N) is 6. The number of phenolic OH excluding ortho intramolecular Hbond substituents is 1. The van der Waals surface area contributed by atoms with Gasteiger partial charge in [0.2, 0.25) is 29.5 Å². The number of carbonyl (C=O) groups excluding carboxylic acids is 5. The molecule has 0 saturated carbocycles. The molecule has 1 aromatic heterocycles. The summed E-state index contributed by atoms with van der Waals surface area (Å²) < 4.78 is 0. The normalized spacial score (nSPS) is 14.0. The number of rotatable bonds is 25. The molecule has 0 fully saturated rings. The van der Waals surface area contributed by atoms with Gasteiger partial charge in [-0.3, -0.25) is 34.0 Å². The summed E-state index contributed by atoms with van der Waals surface area (Å²) in [6.45, 7) is 2.62. The molecule has 6 unspecified atom stereocenters. The van der Waals surface area contributed by atoms with Crippen molar-refractivity contribution in [3.63, 3.8) is 0 Å². The fourth-order valence-corrected chi connectivity index (χ4v) is 5.38. The second-order valence-corrected chi connectivity index (χ2v) is 13.7. The molecule has 1 aromatic carbocycles. The highest BCUT2D eigenvalue weighted by Gasteiger charge is 2.34. The van der Waals surface area contributed by atoms with Crippen molar-refractivity contribution in [1.29, 1.82) is 0 Å². The Kier molecular flexibility index (Phi) is 19.9. The van der Waals surface area contributed by atoms with Gasteiger partial charge < -0.3 is 75.6 Å². The van der Waals surface area contributed by atoms with Crippen LogP contribution in [0.5, 0.6) is 5.75 Å². The fourth-order valence-electron chi connectivity index (χ4n) is 5.38. The zero-order valence-electron chi connectivity index (χ0n) is 32.4. The molecule has 2 rings (SSSR count). The van der Waals surface area contributed by atoms with Crippen molar-refractivity contribution in [1.82, 2.24) is 36.6 Å². The number of imidazole rings is 1. The van der Waals surface area contributed by atoms with Gasteiger partial charge in [-0.2, -0.15) is 0 Å². The predicted molar refractivity (Wildman–Crippen MR) is 211 cm³/mol. The Morgan fingerprint density at radius 2 is 1.26 bits per heavy atom. The summed E-state index contributed by atoms with van der Waals surface area (Å²) >= 11 is 0. The third-order valence-corrected chi connectivity index (χ3v) is 8.55. The summed E-state index contributed by atoms with van der Waals surface area (Å²) in [7, 11) is 0. The molecule has 2 aromatic rings. The van der Waals surface area contributed by atoms with E-state index < -0.39 is 84.3 Å². The minimum atomic E-state index is -1.64. The van der Waals surface area contributed by atoms with E-state index in [2.05, 4.69) is 46.5 Å².